The molecular weight excluding hydrogens is 426 g/mol. The summed E-state index contributed by atoms with van der Waals surface area (Å²) in [5.41, 5.74) is 2.99. The number of rotatable bonds is 7. The second-order valence-corrected chi connectivity index (χ2v) is 8.77. The number of carbonyl (C=O) groups is 2. The molecule has 4 rings (SSSR count). The molecular formula is C24H23N3O4S. The van der Waals surface area contributed by atoms with Gasteiger partial charge in [-0.1, -0.05) is 42.5 Å². The molecule has 0 aromatic heterocycles. The molecule has 2 N–H and O–H groups in total. The summed E-state index contributed by atoms with van der Waals surface area (Å²) in [6.07, 6.45) is -0.325. The van der Waals surface area contributed by atoms with E-state index in [1.54, 1.807) is 17.0 Å². The molecule has 3 amide bonds. The Morgan fingerprint density at radius 3 is 2.22 bits per heavy atom. The Bertz CT molecular complexity index is 1140. The van der Waals surface area contributed by atoms with Crippen LogP contribution in [0.2, 0.25) is 0 Å². The molecule has 0 bridgehead atoms. The van der Waals surface area contributed by atoms with Gasteiger partial charge in [-0.05, 0) is 47.5 Å². The number of urea groups is 1. The highest BCUT2D eigenvalue weighted by Gasteiger charge is 2.21. The molecule has 3 aromatic carbocycles. The Labute approximate surface area is 188 Å². The predicted molar refractivity (Wildman–Crippen MR) is 124 cm³/mol. The van der Waals surface area contributed by atoms with Gasteiger partial charge < -0.3 is 20.3 Å². The van der Waals surface area contributed by atoms with Crippen molar-refractivity contribution in [2.45, 2.75) is 17.2 Å². The maximum Gasteiger partial charge on any atom is 0.410 e. The number of cyclic esters (lactones) is 1. The number of nitrogens with zero attached hydrogens (tertiary/aromatic N) is 1. The number of ether oxygens (including phenoxy) is 1. The van der Waals surface area contributed by atoms with Crippen LogP contribution in [-0.2, 0) is 27.8 Å². The molecule has 3 aromatic rings. The fourth-order valence-corrected chi connectivity index (χ4v) is 4.49. The van der Waals surface area contributed by atoms with Crippen molar-refractivity contribution in [3.05, 3.63) is 90.0 Å². The third-order valence-corrected chi connectivity index (χ3v) is 6.29. The van der Waals surface area contributed by atoms with Crippen LogP contribution in [-0.4, -0.2) is 34.4 Å². The first kappa shape index (κ1) is 21.6. The molecule has 32 heavy (non-hydrogen) atoms. The summed E-state index contributed by atoms with van der Waals surface area (Å²) >= 11 is 0. The van der Waals surface area contributed by atoms with Gasteiger partial charge in [0.25, 0.3) is 0 Å². The van der Waals surface area contributed by atoms with Crippen LogP contribution in [0.5, 0.6) is 0 Å². The number of hydrogen-bond donors (Lipinski definition) is 2. The zero-order chi connectivity index (χ0) is 22.3. The molecule has 0 spiro atoms. The van der Waals surface area contributed by atoms with Crippen LogP contribution in [0.25, 0.3) is 0 Å². The average molecular weight is 450 g/mol. The maximum absolute atomic E-state index is 12.5. The van der Waals surface area contributed by atoms with Crippen LogP contribution in [0, 0.1) is 0 Å². The van der Waals surface area contributed by atoms with Crippen LogP contribution in [0.4, 0.5) is 21.0 Å². The molecule has 8 heteroatoms. The van der Waals surface area contributed by atoms with E-state index in [4.69, 9.17) is 4.74 Å². The van der Waals surface area contributed by atoms with Crippen molar-refractivity contribution in [3.63, 3.8) is 0 Å². The van der Waals surface area contributed by atoms with Crippen LogP contribution in [0.15, 0.2) is 83.8 Å². The zero-order valence-corrected chi connectivity index (χ0v) is 18.1. The van der Waals surface area contributed by atoms with Crippen molar-refractivity contribution in [1.82, 2.24) is 4.90 Å². The summed E-state index contributed by atoms with van der Waals surface area (Å²) in [5, 5.41) is 5.62. The van der Waals surface area contributed by atoms with E-state index in [1.165, 1.54) is 0 Å². The third-order valence-electron chi connectivity index (χ3n) is 4.89. The van der Waals surface area contributed by atoms with Gasteiger partial charge in [0.1, 0.15) is 6.61 Å². The highest BCUT2D eigenvalue weighted by Crippen LogP contribution is 2.18. The minimum atomic E-state index is -1.16. The molecule has 1 saturated heterocycles. The van der Waals surface area contributed by atoms with Gasteiger partial charge in [-0.3, -0.25) is 4.21 Å². The molecule has 1 aliphatic heterocycles. The number of amides is 3. The van der Waals surface area contributed by atoms with Gasteiger partial charge in [-0.2, -0.15) is 0 Å². The van der Waals surface area contributed by atoms with E-state index >= 15 is 0 Å². The summed E-state index contributed by atoms with van der Waals surface area (Å²) < 4.78 is 17.5. The van der Waals surface area contributed by atoms with Gasteiger partial charge in [-0.15, -0.1) is 0 Å². The van der Waals surface area contributed by atoms with E-state index < -0.39 is 10.8 Å². The number of benzene rings is 3. The molecule has 7 nitrogen and oxygen atoms in total. The Morgan fingerprint density at radius 1 is 0.906 bits per heavy atom. The average Bonchev–Trinajstić information content (AvgIpc) is 3.19. The van der Waals surface area contributed by atoms with E-state index in [1.807, 2.05) is 66.7 Å². The van der Waals surface area contributed by atoms with Gasteiger partial charge >= 0.3 is 12.1 Å². The predicted octanol–water partition coefficient (Wildman–Crippen LogP) is 4.59. The first-order valence-electron chi connectivity index (χ1n) is 10.2. The van der Waals surface area contributed by atoms with E-state index in [0.717, 1.165) is 16.0 Å². The number of nitrogens with one attached hydrogen (secondary N) is 2. The number of carbonyl (C=O) groups excluding carboxylic acids is 2. The number of anilines is 2. The smallest absolute Gasteiger partial charge is 0.410 e. The summed E-state index contributed by atoms with van der Waals surface area (Å²) in [6.45, 7) is 1.39. The lowest BCUT2D eigenvalue weighted by atomic mass is 10.2. The second-order valence-electron chi connectivity index (χ2n) is 7.32. The molecule has 1 unspecified atom stereocenters. The summed E-state index contributed by atoms with van der Waals surface area (Å²) in [4.78, 5) is 26.5. The maximum atomic E-state index is 12.5. The Morgan fingerprint density at radius 2 is 1.56 bits per heavy atom. The van der Waals surface area contributed by atoms with Gasteiger partial charge in [0.15, 0.2) is 0 Å². The van der Waals surface area contributed by atoms with E-state index in [0.29, 0.717) is 36.8 Å². The first-order valence-corrected chi connectivity index (χ1v) is 11.5. The Kier molecular flexibility index (Phi) is 6.81. The second kappa shape index (κ2) is 10.1. The minimum absolute atomic E-state index is 0.325. The molecule has 0 aliphatic carbocycles. The lowest BCUT2D eigenvalue weighted by Gasteiger charge is -2.14. The molecule has 1 atom stereocenters. The van der Waals surface area contributed by atoms with Crippen molar-refractivity contribution in [1.29, 1.82) is 0 Å². The molecule has 164 valence electrons. The normalized spacial score (nSPS) is 14.0. The van der Waals surface area contributed by atoms with Gasteiger partial charge in [0.2, 0.25) is 0 Å². The highest BCUT2D eigenvalue weighted by atomic mass is 32.2. The van der Waals surface area contributed by atoms with Crippen molar-refractivity contribution in [2.75, 3.05) is 23.8 Å². The van der Waals surface area contributed by atoms with Crippen molar-refractivity contribution in [2.24, 2.45) is 0 Å². The standard InChI is InChI=1S/C24H23N3O4S/c28-23(25-20-8-4-6-18(14-20)16-27-12-13-31-24(27)29)26-21-9-5-7-19(15-21)17-32(30)22-10-2-1-3-11-22/h1-11,14-15H,12-13,16-17H2,(H2,25,26,28). The van der Waals surface area contributed by atoms with E-state index in [2.05, 4.69) is 10.6 Å². The monoisotopic (exact) mass is 449 g/mol. The zero-order valence-electron chi connectivity index (χ0n) is 17.3. The lowest BCUT2D eigenvalue weighted by Crippen LogP contribution is -2.23. The molecule has 1 heterocycles. The Balaban J connectivity index is 1.35. The van der Waals surface area contributed by atoms with Gasteiger partial charge in [0.05, 0.1) is 23.1 Å². The lowest BCUT2D eigenvalue weighted by molar-refractivity contribution is 0.157. The van der Waals surface area contributed by atoms with Crippen molar-refractivity contribution >= 4 is 34.3 Å². The molecule has 1 aliphatic rings. The number of hydrogen-bond acceptors (Lipinski definition) is 4. The van der Waals surface area contributed by atoms with E-state index in [-0.39, 0.29) is 12.1 Å². The molecule has 0 radical (unpaired) electrons. The van der Waals surface area contributed by atoms with Crippen LogP contribution in [0.1, 0.15) is 11.1 Å². The van der Waals surface area contributed by atoms with Crippen LogP contribution in [0.3, 0.4) is 0 Å². The highest BCUT2D eigenvalue weighted by molar-refractivity contribution is 7.84. The minimum Gasteiger partial charge on any atom is -0.448 e. The summed E-state index contributed by atoms with van der Waals surface area (Å²) in [7, 11) is -1.16. The quantitative estimate of drug-likeness (QED) is 0.552. The molecule has 0 saturated carbocycles. The summed E-state index contributed by atoms with van der Waals surface area (Å²) in [6, 6.07) is 23.5. The third kappa shape index (κ3) is 5.73. The van der Waals surface area contributed by atoms with Crippen molar-refractivity contribution < 1.29 is 18.5 Å². The van der Waals surface area contributed by atoms with Crippen LogP contribution >= 0.6 is 0 Å². The Hall–Kier alpha value is -3.65. The fourth-order valence-electron chi connectivity index (χ4n) is 3.38. The fraction of sp³-hybridized carbons (Fsp3) is 0.167. The van der Waals surface area contributed by atoms with E-state index in [9.17, 15) is 13.8 Å². The first-order chi connectivity index (χ1) is 15.6. The van der Waals surface area contributed by atoms with Crippen molar-refractivity contribution in [3.8, 4) is 0 Å². The van der Waals surface area contributed by atoms with Crippen LogP contribution < -0.4 is 10.6 Å². The summed E-state index contributed by atoms with van der Waals surface area (Å²) in [5.74, 6) is 0.363. The topological polar surface area (TPSA) is 87.7 Å². The SMILES string of the molecule is O=C(Nc1cccc(CN2CCOC2=O)c1)Nc1cccc(CS(=O)c2ccccc2)c1. The van der Waals surface area contributed by atoms with Gasteiger partial charge in [-0.25, -0.2) is 9.59 Å². The van der Waals surface area contributed by atoms with Gasteiger partial charge in [0, 0.05) is 22.8 Å². The molecule has 1 fully saturated rings. The largest absolute Gasteiger partial charge is 0.448 e.